The number of hydrogen-bond acceptors (Lipinski definition) is 2. The average Bonchev–Trinajstić information content (AvgIpc) is 2.68. The Hall–Kier alpha value is -1.23. The molecule has 2 N–H and O–H groups in total. The third-order valence-corrected chi connectivity index (χ3v) is 3.92. The largest absolute Gasteiger partial charge is 0.416 e. The average molecular weight is 256 g/mol. The van der Waals surface area contributed by atoms with Crippen LogP contribution in [0.2, 0.25) is 0 Å². The molecular formula is C13H15F3N2. The molecule has 2 nitrogen and oxygen atoms in total. The predicted molar refractivity (Wildman–Crippen MR) is 63.5 cm³/mol. The third-order valence-electron chi connectivity index (χ3n) is 3.92. The molecular weight excluding hydrogens is 241 g/mol. The summed E-state index contributed by atoms with van der Waals surface area (Å²) in [6.07, 6.45) is -1.55. The number of nitrogens with zero attached hydrogens (tertiary/aromatic N) is 1. The highest BCUT2D eigenvalue weighted by Gasteiger charge is 2.37. The van der Waals surface area contributed by atoms with Gasteiger partial charge in [-0.2, -0.15) is 13.2 Å². The molecule has 3 rings (SSSR count). The van der Waals surface area contributed by atoms with Crippen LogP contribution in [-0.4, -0.2) is 18.6 Å². The van der Waals surface area contributed by atoms with Crippen LogP contribution in [0.25, 0.3) is 0 Å². The van der Waals surface area contributed by atoms with Gasteiger partial charge >= 0.3 is 6.18 Å². The van der Waals surface area contributed by atoms with Crippen molar-refractivity contribution in [3.05, 3.63) is 29.3 Å². The van der Waals surface area contributed by atoms with E-state index in [2.05, 4.69) is 4.90 Å². The van der Waals surface area contributed by atoms with Crippen LogP contribution in [-0.2, 0) is 12.6 Å². The maximum atomic E-state index is 12.7. The molecule has 0 amide bonds. The summed E-state index contributed by atoms with van der Waals surface area (Å²) in [5, 5.41) is 0. The summed E-state index contributed by atoms with van der Waals surface area (Å²) >= 11 is 0. The van der Waals surface area contributed by atoms with Gasteiger partial charge in [-0.15, -0.1) is 0 Å². The van der Waals surface area contributed by atoms with Gasteiger partial charge in [0.15, 0.2) is 0 Å². The van der Waals surface area contributed by atoms with Crippen molar-refractivity contribution in [2.45, 2.75) is 37.5 Å². The Labute approximate surface area is 104 Å². The summed E-state index contributed by atoms with van der Waals surface area (Å²) in [6, 6.07) is 4.46. The molecule has 0 spiro atoms. The zero-order chi connectivity index (χ0) is 12.9. The Morgan fingerprint density at radius 3 is 2.78 bits per heavy atom. The lowest BCUT2D eigenvalue weighted by Gasteiger charge is -2.34. The van der Waals surface area contributed by atoms with Crippen molar-refractivity contribution in [2.24, 2.45) is 5.73 Å². The zero-order valence-corrected chi connectivity index (χ0v) is 9.87. The summed E-state index contributed by atoms with van der Waals surface area (Å²) in [5.41, 5.74) is 7.08. The van der Waals surface area contributed by atoms with E-state index in [4.69, 9.17) is 5.73 Å². The van der Waals surface area contributed by atoms with Crippen molar-refractivity contribution in [3.8, 4) is 0 Å². The van der Waals surface area contributed by atoms with Crippen molar-refractivity contribution in [3.63, 3.8) is 0 Å². The predicted octanol–water partition coefficient (Wildman–Crippen LogP) is 2.56. The Bertz CT molecular complexity index is 470. The molecule has 0 aromatic heterocycles. The van der Waals surface area contributed by atoms with Crippen LogP contribution in [0.4, 0.5) is 18.9 Å². The van der Waals surface area contributed by atoms with Gasteiger partial charge in [-0.05, 0) is 37.0 Å². The molecule has 18 heavy (non-hydrogen) atoms. The number of anilines is 1. The highest BCUT2D eigenvalue weighted by atomic mass is 19.4. The minimum absolute atomic E-state index is 0.0792. The van der Waals surface area contributed by atoms with E-state index in [0.717, 1.165) is 30.5 Å². The molecule has 5 heteroatoms. The molecule has 2 aliphatic heterocycles. The second-order valence-electron chi connectivity index (χ2n) is 5.18. The standard InChI is InChI=1S/C13H15F3N2/c14-13(15,16)9-3-1-8-2-4-11-6-10(17)7-18(11)12(8)5-9/h1,3,5,10-11H,2,4,6-7,17H2. The fourth-order valence-electron chi connectivity index (χ4n) is 3.06. The number of fused-ring (bicyclic) bond motifs is 3. The Morgan fingerprint density at radius 1 is 1.28 bits per heavy atom. The van der Waals surface area contributed by atoms with Crippen molar-refractivity contribution < 1.29 is 13.2 Å². The molecule has 1 saturated heterocycles. The fourth-order valence-corrected chi connectivity index (χ4v) is 3.06. The molecule has 2 heterocycles. The van der Waals surface area contributed by atoms with Crippen LogP contribution in [0.1, 0.15) is 24.0 Å². The van der Waals surface area contributed by atoms with E-state index in [-0.39, 0.29) is 6.04 Å². The first-order valence-electron chi connectivity index (χ1n) is 6.17. The van der Waals surface area contributed by atoms with Gasteiger partial charge in [0.05, 0.1) is 5.56 Å². The van der Waals surface area contributed by atoms with Crippen LogP contribution >= 0.6 is 0 Å². The molecule has 2 aliphatic rings. The molecule has 0 saturated carbocycles. The van der Waals surface area contributed by atoms with Crippen molar-refractivity contribution in [1.82, 2.24) is 0 Å². The SMILES string of the molecule is NC1CC2CCc3ccc(C(F)(F)F)cc3N2C1. The maximum absolute atomic E-state index is 12.7. The van der Waals surface area contributed by atoms with E-state index in [9.17, 15) is 13.2 Å². The van der Waals surface area contributed by atoms with E-state index in [0.29, 0.717) is 12.6 Å². The second kappa shape index (κ2) is 3.88. The molecule has 1 fully saturated rings. The Balaban J connectivity index is 2.01. The number of aryl methyl sites for hydroxylation is 1. The monoisotopic (exact) mass is 256 g/mol. The molecule has 2 unspecified atom stereocenters. The number of benzene rings is 1. The summed E-state index contributed by atoms with van der Waals surface area (Å²) in [7, 11) is 0. The smallest absolute Gasteiger partial charge is 0.367 e. The third kappa shape index (κ3) is 1.86. The van der Waals surface area contributed by atoms with Gasteiger partial charge in [0.1, 0.15) is 0 Å². The molecule has 1 aromatic rings. The van der Waals surface area contributed by atoms with Crippen LogP contribution in [0.15, 0.2) is 18.2 Å². The fraction of sp³-hybridized carbons (Fsp3) is 0.538. The molecule has 0 bridgehead atoms. The van der Waals surface area contributed by atoms with Gasteiger partial charge in [-0.1, -0.05) is 6.07 Å². The minimum atomic E-state index is -4.27. The first-order chi connectivity index (χ1) is 8.45. The number of alkyl halides is 3. The summed E-state index contributed by atoms with van der Waals surface area (Å²) in [4.78, 5) is 2.05. The zero-order valence-electron chi connectivity index (χ0n) is 9.87. The van der Waals surface area contributed by atoms with Crippen molar-refractivity contribution in [1.29, 1.82) is 0 Å². The Morgan fingerprint density at radius 2 is 2.06 bits per heavy atom. The minimum Gasteiger partial charge on any atom is -0.367 e. The van der Waals surface area contributed by atoms with Gasteiger partial charge in [-0.3, -0.25) is 0 Å². The molecule has 0 radical (unpaired) electrons. The van der Waals surface area contributed by atoms with Gasteiger partial charge in [0, 0.05) is 24.3 Å². The lowest BCUT2D eigenvalue weighted by molar-refractivity contribution is -0.137. The summed E-state index contributed by atoms with van der Waals surface area (Å²) in [6.45, 7) is 0.666. The summed E-state index contributed by atoms with van der Waals surface area (Å²) < 4.78 is 38.2. The topological polar surface area (TPSA) is 29.3 Å². The molecule has 98 valence electrons. The molecule has 2 atom stereocenters. The molecule has 0 aliphatic carbocycles. The van der Waals surface area contributed by atoms with E-state index in [1.54, 1.807) is 6.07 Å². The molecule has 1 aromatic carbocycles. The number of rotatable bonds is 0. The summed E-state index contributed by atoms with van der Waals surface area (Å²) in [5.74, 6) is 0. The van der Waals surface area contributed by atoms with E-state index in [1.807, 2.05) is 0 Å². The van der Waals surface area contributed by atoms with Crippen LogP contribution in [0.3, 0.4) is 0 Å². The van der Waals surface area contributed by atoms with Crippen LogP contribution in [0.5, 0.6) is 0 Å². The van der Waals surface area contributed by atoms with E-state index >= 15 is 0 Å². The highest BCUT2D eigenvalue weighted by Crippen LogP contribution is 2.39. The van der Waals surface area contributed by atoms with Crippen LogP contribution < -0.4 is 10.6 Å². The van der Waals surface area contributed by atoms with Gasteiger partial charge < -0.3 is 10.6 Å². The van der Waals surface area contributed by atoms with Crippen LogP contribution in [0, 0.1) is 0 Å². The highest BCUT2D eigenvalue weighted by molar-refractivity contribution is 5.59. The maximum Gasteiger partial charge on any atom is 0.416 e. The lowest BCUT2D eigenvalue weighted by Crippen LogP contribution is -2.35. The number of nitrogens with two attached hydrogens (primary N) is 1. The quantitative estimate of drug-likeness (QED) is 0.773. The van der Waals surface area contributed by atoms with Gasteiger partial charge in [-0.25, -0.2) is 0 Å². The van der Waals surface area contributed by atoms with Crippen molar-refractivity contribution >= 4 is 5.69 Å². The normalized spacial score (nSPS) is 27.0. The van der Waals surface area contributed by atoms with E-state index < -0.39 is 11.7 Å². The number of halogens is 3. The Kier molecular flexibility index (Phi) is 2.55. The van der Waals surface area contributed by atoms with Crippen molar-refractivity contribution in [2.75, 3.05) is 11.4 Å². The number of hydrogen-bond donors (Lipinski definition) is 1. The lowest BCUT2D eigenvalue weighted by atomic mass is 9.95. The van der Waals surface area contributed by atoms with Gasteiger partial charge in [0.2, 0.25) is 0 Å². The van der Waals surface area contributed by atoms with E-state index in [1.165, 1.54) is 12.1 Å². The first-order valence-corrected chi connectivity index (χ1v) is 6.17. The first kappa shape index (κ1) is 11.8. The van der Waals surface area contributed by atoms with Gasteiger partial charge in [0.25, 0.3) is 0 Å². The second-order valence-corrected chi connectivity index (χ2v) is 5.18.